The van der Waals surface area contributed by atoms with E-state index in [4.69, 9.17) is 9.72 Å². The van der Waals surface area contributed by atoms with Crippen LogP contribution in [0.15, 0.2) is 87.2 Å². The molecule has 0 saturated heterocycles. The Bertz CT molecular complexity index is 1210. The van der Waals surface area contributed by atoms with E-state index in [0.717, 1.165) is 15.8 Å². The largest absolute Gasteiger partial charge is 0.493 e. The Morgan fingerprint density at radius 2 is 1.73 bits per heavy atom. The van der Waals surface area contributed by atoms with Crippen molar-refractivity contribution in [1.82, 2.24) is 9.55 Å². The van der Waals surface area contributed by atoms with Gasteiger partial charge in [-0.2, -0.15) is 0 Å². The maximum absolute atomic E-state index is 13.3. The van der Waals surface area contributed by atoms with E-state index in [2.05, 4.69) is 15.9 Å². The van der Waals surface area contributed by atoms with Crippen molar-refractivity contribution < 1.29 is 9.13 Å². The van der Waals surface area contributed by atoms with E-state index in [1.54, 1.807) is 22.8 Å². The predicted octanol–water partition coefficient (Wildman–Crippen LogP) is 5.52. The predicted molar refractivity (Wildman–Crippen MR) is 122 cm³/mol. The summed E-state index contributed by atoms with van der Waals surface area (Å²) in [7, 11) is 0. The first kappa shape index (κ1) is 20.6. The molecule has 0 amide bonds. The molecule has 0 saturated carbocycles. The zero-order valence-electron chi connectivity index (χ0n) is 15.9. The van der Waals surface area contributed by atoms with Crippen molar-refractivity contribution in [2.45, 2.75) is 11.7 Å². The fourth-order valence-electron chi connectivity index (χ4n) is 2.99. The van der Waals surface area contributed by atoms with Crippen molar-refractivity contribution in [3.8, 4) is 5.75 Å². The summed E-state index contributed by atoms with van der Waals surface area (Å²) in [6, 6.07) is 21.1. The van der Waals surface area contributed by atoms with Crippen molar-refractivity contribution in [2.24, 2.45) is 0 Å². The van der Waals surface area contributed by atoms with Gasteiger partial charge in [-0.1, -0.05) is 52.0 Å². The van der Waals surface area contributed by atoms with Crippen LogP contribution in [0.2, 0.25) is 0 Å². The number of halogens is 2. The molecule has 0 N–H and O–H groups in total. The minimum atomic E-state index is -0.303. The molecule has 4 rings (SSSR count). The maximum Gasteiger partial charge on any atom is 0.262 e. The number of hydrogen-bond donors (Lipinski definition) is 0. The highest BCUT2D eigenvalue weighted by Gasteiger charge is 2.12. The highest BCUT2D eigenvalue weighted by atomic mass is 79.9. The van der Waals surface area contributed by atoms with Crippen LogP contribution < -0.4 is 10.3 Å². The first-order chi connectivity index (χ1) is 14.6. The molecule has 1 heterocycles. The highest BCUT2D eigenvalue weighted by molar-refractivity contribution is 9.10. The van der Waals surface area contributed by atoms with E-state index in [9.17, 15) is 9.18 Å². The van der Waals surface area contributed by atoms with E-state index in [0.29, 0.717) is 35.0 Å². The standard InChI is InChI=1S/C23H18BrFN2O2S/c24-17-7-11-19(12-8-17)29-13-14-30-23-26-21-4-2-1-3-20(21)22(28)27(23)15-16-5-9-18(25)10-6-16/h1-12H,13-15H2. The molecule has 4 nitrogen and oxygen atoms in total. The van der Waals surface area contributed by atoms with Gasteiger partial charge < -0.3 is 4.74 Å². The molecule has 0 aliphatic rings. The molecule has 0 aliphatic carbocycles. The Hall–Kier alpha value is -2.64. The van der Waals surface area contributed by atoms with Gasteiger partial charge in [0.1, 0.15) is 11.6 Å². The Kier molecular flexibility index (Phi) is 6.50. The highest BCUT2D eigenvalue weighted by Crippen LogP contribution is 2.20. The Morgan fingerprint density at radius 3 is 2.50 bits per heavy atom. The topological polar surface area (TPSA) is 44.1 Å². The fourth-order valence-corrected chi connectivity index (χ4v) is 4.07. The van der Waals surface area contributed by atoms with Gasteiger partial charge in [-0.3, -0.25) is 9.36 Å². The third-order valence-electron chi connectivity index (χ3n) is 4.48. The average molecular weight is 485 g/mol. The molecule has 30 heavy (non-hydrogen) atoms. The number of fused-ring (bicyclic) bond motifs is 1. The molecular formula is C23H18BrFN2O2S. The van der Waals surface area contributed by atoms with Crippen LogP contribution in [-0.2, 0) is 6.54 Å². The number of ether oxygens (including phenoxy) is 1. The lowest BCUT2D eigenvalue weighted by atomic mass is 10.2. The molecular weight excluding hydrogens is 467 g/mol. The molecule has 0 fully saturated rings. The Balaban J connectivity index is 1.56. The molecule has 0 unspecified atom stereocenters. The third kappa shape index (κ3) is 4.91. The quantitative estimate of drug-likeness (QED) is 0.197. The average Bonchev–Trinajstić information content (AvgIpc) is 2.76. The molecule has 1 aromatic heterocycles. The first-order valence-electron chi connectivity index (χ1n) is 9.35. The summed E-state index contributed by atoms with van der Waals surface area (Å²) in [5.74, 6) is 1.11. The van der Waals surface area contributed by atoms with Crippen molar-refractivity contribution in [2.75, 3.05) is 12.4 Å². The zero-order valence-corrected chi connectivity index (χ0v) is 18.3. The Morgan fingerprint density at radius 1 is 1.00 bits per heavy atom. The summed E-state index contributed by atoms with van der Waals surface area (Å²) < 4.78 is 21.7. The second-order valence-corrected chi connectivity index (χ2v) is 8.56. The van der Waals surface area contributed by atoms with Crippen molar-refractivity contribution in [1.29, 1.82) is 0 Å². The van der Waals surface area contributed by atoms with Crippen molar-refractivity contribution >= 4 is 38.6 Å². The first-order valence-corrected chi connectivity index (χ1v) is 11.1. The van der Waals surface area contributed by atoms with Crippen LogP contribution in [0.5, 0.6) is 5.75 Å². The minimum absolute atomic E-state index is 0.110. The summed E-state index contributed by atoms with van der Waals surface area (Å²) in [4.78, 5) is 17.8. The minimum Gasteiger partial charge on any atom is -0.493 e. The van der Waals surface area contributed by atoms with E-state index in [1.807, 2.05) is 42.5 Å². The van der Waals surface area contributed by atoms with Gasteiger partial charge in [-0.15, -0.1) is 0 Å². The summed E-state index contributed by atoms with van der Waals surface area (Å²) in [5, 5.41) is 1.18. The summed E-state index contributed by atoms with van der Waals surface area (Å²) in [5.41, 5.74) is 1.39. The molecule has 0 spiro atoms. The molecule has 0 bridgehead atoms. The number of benzene rings is 3. The monoisotopic (exact) mass is 484 g/mol. The summed E-state index contributed by atoms with van der Waals surface area (Å²) >= 11 is 4.87. The number of rotatable bonds is 7. The lowest BCUT2D eigenvalue weighted by Gasteiger charge is -2.13. The van der Waals surface area contributed by atoms with Crippen LogP contribution in [0.3, 0.4) is 0 Å². The van der Waals surface area contributed by atoms with E-state index < -0.39 is 0 Å². The summed E-state index contributed by atoms with van der Waals surface area (Å²) in [6.07, 6.45) is 0. The van der Waals surface area contributed by atoms with Crippen LogP contribution in [-0.4, -0.2) is 21.9 Å². The zero-order chi connectivity index (χ0) is 20.9. The van der Waals surface area contributed by atoms with Crippen LogP contribution in [0, 0.1) is 5.82 Å². The van der Waals surface area contributed by atoms with Crippen molar-refractivity contribution in [3.63, 3.8) is 0 Å². The summed E-state index contributed by atoms with van der Waals surface area (Å²) in [6.45, 7) is 0.804. The number of thioether (sulfide) groups is 1. The molecule has 0 atom stereocenters. The van der Waals surface area contributed by atoms with E-state index in [1.165, 1.54) is 23.9 Å². The SMILES string of the molecule is O=c1c2ccccc2nc(SCCOc2ccc(Br)cc2)n1Cc1ccc(F)cc1. The van der Waals surface area contributed by atoms with E-state index >= 15 is 0 Å². The van der Waals surface area contributed by atoms with Gasteiger partial charge >= 0.3 is 0 Å². The van der Waals surface area contributed by atoms with Crippen LogP contribution >= 0.6 is 27.7 Å². The van der Waals surface area contributed by atoms with Crippen LogP contribution in [0.1, 0.15) is 5.56 Å². The lowest BCUT2D eigenvalue weighted by molar-refractivity contribution is 0.343. The van der Waals surface area contributed by atoms with E-state index in [-0.39, 0.29) is 11.4 Å². The number of nitrogens with zero attached hydrogens (tertiary/aromatic N) is 2. The van der Waals surface area contributed by atoms with Gasteiger partial charge in [-0.25, -0.2) is 9.37 Å². The van der Waals surface area contributed by atoms with Gasteiger partial charge in [0.15, 0.2) is 5.16 Å². The van der Waals surface area contributed by atoms with Crippen LogP contribution in [0.4, 0.5) is 4.39 Å². The normalized spacial score (nSPS) is 11.0. The molecule has 3 aromatic carbocycles. The lowest BCUT2D eigenvalue weighted by Crippen LogP contribution is -2.24. The Labute approximate surface area is 185 Å². The molecule has 4 aromatic rings. The molecule has 152 valence electrons. The van der Waals surface area contributed by atoms with Gasteiger partial charge in [0.2, 0.25) is 0 Å². The van der Waals surface area contributed by atoms with Gasteiger partial charge in [0, 0.05) is 10.2 Å². The second kappa shape index (κ2) is 9.45. The number of para-hydroxylation sites is 1. The van der Waals surface area contributed by atoms with Gasteiger partial charge in [-0.05, 0) is 54.1 Å². The molecule has 0 radical (unpaired) electrons. The van der Waals surface area contributed by atoms with Crippen LogP contribution in [0.25, 0.3) is 10.9 Å². The molecule has 0 aliphatic heterocycles. The smallest absolute Gasteiger partial charge is 0.262 e. The van der Waals surface area contributed by atoms with Gasteiger partial charge in [0.05, 0.1) is 24.1 Å². The van der Waals surface area contributed by atoms with Crippen molar-refractivity contribution in [3.05, 3.63) is 99.0 Å². The fraction of sp³-hybridized carbons (Fsp3) is 0.130. The second-order valence-electron chi connectivity index (χ2n) is 6.58. The van der Waals surface area contributed by atoms with Gasteiger partial charge in [0.25, 0.3) is 5.56 Å². The third-order valence-corrected chi connectivity index (χ3v) is 5.95. The maximum atomic E-state index is 13.3. The number of hydrogen-bond acceptors (Lipinski definition) is 4. The number of aromatic nitrogens is 2. The molecule has 7 heteroatoms.